The van der Waals surface area contributed by atoms with Crippen molar-refractivity contribution in [1.82, 2.24) is 4.90 Å². The van der Waals surface area contributed by atoms with E-state index >= 15 is 0 Å². The van der Waals surface area contributed by atoms with Crippen molar-refractivity contribution in [2.75, 3.05) is 0 Å². The number of carbonyl (C=O) groups is 1. The normalized spacial score (nSPS) is 39.6. The van der Waals surface area contributed by atoms with Crippen LogP contribution in [0.4, 0.5) is 0 Å². The predicted octanol–water partition coefficient (Wildman–Crippen LogP) is 4.56. The summed E-state index contributed by atoms with van der Waals surface area (Å²) in [7, 11) is 0. The second kappa shape index (κ2) is 6.01. The summed E-state index contributed by atoms with van der Waals surface area (Å²) in [6.07, 6.45) is 7.62. The smallest absolute Gasteiger partial charge is 0.139 e. The van der Waals surface area contributed by atoms with Crippen LogP contribution in [0.1, 0.15) is 56.1 Å². The highest BCUT2D eigenvalue weighted by atomic mass is 16.5. The lowest BCUT2D eigenvalue weighted by Gasteiger charge is -2.46. The van der Waals surface area contributed by atoms with Crippen molar-refractivity contribution in [3.63, 3.8) is 0 Å². The Bertz CT molecular complexity index is 828. The van der Waals surface area contributed by atoms with Gasteiger partial charge in [0.2, 0.25) is 0 Å². The molecule has 0 amide bonds. The standard InChI is InChI=1S/C25H27NO2/c27-21-16-24(18-10-4-1-5-11-18)22-23(26(22)20-14-8-3-9-15-20)25(17-21,28-24)19-12-6-2-7-13-19/h1-2,4-7,10-13,20,22-23H,3,8-9,14-17H2/t22-,23+,24-,25+,26?. The Morgan fingerprint density at radius 2 is 1.25 bits per heavy atom. The van der Waals surface area contributed by atoms with Crippen molar-refractivity contribution in [3.8, 4) is 0 Å². The van der Waals surface area contributed by atoms with Crippen LogP contribution in [0.5, 0.6) is 0 Å². The highest BCUT2D eigenvalue weighted by molar-refractivity contribution is 5.84. The van der Waals surface area contributed by atoms with Gasteiger partial charge in [-0.2, -0.15) is 0 Å². The minimum absolute atomic E-state index is 0.324. The van der Waals surface area contributed by atoms with E-state index in [4.69, 9.17) is 4.74 Å². The van der Waals surface area contributed by atoms with Gasteiger partial charge in [0.05, 0.1) is 12.1 Å². The molecule has 144 valence electrons. The fraction of sp³-hybridized carbons (Fsp3) is 0.480. The summed E-state index contributed by atoms with van der Waals surface area (Å²) in [5, 5.41) is 0. The molecule has 3 aliphatic heterocycles. The molecule has 2 aromatic rings. The first-order valence-electron chi connectivity index (χ1n) is 10.8. The molecular formula is C25H27NO2. The van der Waals surface area contributed by atoms with Gasteiger partial charge in [0.25, 0.3) is 0 Å². The van der Waals surface area contributed by atoms with E-state index in [1.165, 1.54) is 43.2 Å². The quantitative estimate of drug-likeness (QED) is 0.739. The SMILES string of the molecule is O=C1C[C@@]2(c3ccccc3)O[C@@](c3ccccc3)(C1)[C@H]1[C@@H]2N1C1CCCCC1. The molecule has 3 heteroatoms. The Balaban J connectivity index is 1.50. The van der Waals surface area contributed by atoms with Gasteiger partial charge in [-0.3, -0.25) is 9.69 Å². The molecule has 0 radical (unpaired) electrons. The van der Waals surface area contributed by atoms with Crippen molar-refractivity contribution in [2.24, 2.45) is 0 Å². The molecule has 1 saturated carbocycles. The van der Waals surface area contributed by atoms with E-state index < -0.39 is 11.2 Å². The van der Waals surface area contributed by atoms with E-state index in [1.54, 1.807) is 0 Å². The van der Waals surface area contributed by atoms with Crippen LogP contribution in [-0.4, -0.2) is 28.8 Å². The second-order valence-electron chi connectivity index (χ2n) is 9.13. The number of Topliss-reactive ketones (excluding diaryl/α,β-unsaturated/α-hetero) is 1. The maximum absolute atomic E-state index is 13.0. The van der Waals surface area contributed by atoms with E-state index in [0.29, 0.717) is 36.8 Å². The maximum Gasteiger partial charge on any atom is 0.139 e. The van der Waals surface area contributed by atoms with Crippen molar-refractivity contribution in [2.45, 2.75) is 74.3 Å². The van der Waals surface area contributed by atoms with Crippen LogP contribution in [0, 0.1) is 0 Å². The number of carbonyl (C=O) groups excluding carboxylic acids is 1. The predicted molar refractivity (Wildman–Crippen MR) is 108 cm³/mol. The molecule has 28 heavy (non-hydrogen) atoms. The number of fused-ring (bicyclic) bond motifs is 5. The van der Waals surface area contributed by atoms with Gasteiger partial charge in [0.1, 0.15) is 17.0 Å². The number of hydrogen-bond acceptors (Lipinski definition) is 3. The zero-order valence-corrected chi connectivity index (χ0v) is 16.2. The monoisotopic (exact) mass is 373 g/mol. The molecule has 0 aromatic heterocycles. The highest BCUT2D eigenvalue weighted by Crippen LogP contribution is 2.68. The van der Waals surface area contributed by atoms with Crippen LogP contribution in [0.15, 0.2) is 60.7 Å². The topological polar surface area (TPSA) is 29.3 Å². The Morgan fingerprint density at radius 1 is 0.750 bits per heavy atom. The molecule has 2 aromatic carbocycles. The fourth-order valence-corrected chi connectivity index (χ4v) is 6.55. The van der Waals surface area contributed by atoms with Gasteiger partial charge in [0.15, 0.2) is 0 Å². The zero-order chi connectivity index (χ0) is 18.8. The Morgan fingerprint density at radius 3 is 1.75 bits per heavy atom. The van der Waals surface area contributed by atoms with Crippen LogP contribution in [-0.2, 0) is 20.7 Å². The van der Waals surface area contributed by atoms with Gasteiger partial charge < -0.3 is 4.74 Å². The molecular weight excluding hydrogens is 346 g/mol. The van der Waals surface area contributed by atoms with Crippen LogP contribution in [0.3, 0.4) is 0 Å². The summed E-state index contributed by atoms with van der Waals surface area (Å²) in [5.74, 6) is 0.342. The Kier molecular flexibility index (Phi) is 3.64. The zero-order valence-electron chi connectivity index (χ0n) is 16.2. The van der Waals surface area contributed by atoms with Gasteiger partial charge in [-0.15, -0.1) is 0 Å². The van der Waals surface area contributed by atoms with Gasteiger partial charge >= 0.3 is 0 Å². The van der Waals surface area contributed by atoms with Gasteiger partial charge in [0, 0.05) is 18.9 Å². The van der Waals surface area contributed by atoms with Crippen molar-refractivity contribution < 1.29 is 9.53 Å². The third-order valence-electron chi connectivity index (χ3n) is 7.61. The minimum Gasteiger partial charge on any atom is -0.355 e. The molecule has 3 nitrogen and oxygen atoms in total. The lowest BCUT2D eigenvalue weighted by atomic mass is 9.81. The number of nitrogens with zero attached hydrogens (tertiary/aromatic N) is 1. The number of hydrogen-bond donors (Lipinski definition) is 0. The van der Waals surface area contributed by atoms with E-state index in [9.17, 15) is 4.79 Å². The summed E-state index contributed by atoms with van der Waals surface area (Å²) < 4.78 is 7.04. The van der Waals surface area contributed by atoms with Gasteiger partial charge in [-0.1, -0.05) is 79.9 Å². The summed E-state index contributed by atoms with van der Waals surface area (Å²) >= 11 is 0. The molecule has 4 fully saturated rings. The molecule has 1 aliphatic carbocycles. The third-order valence-corrected chi connectivity index (χ3v) is 7.61. The lowest BCUT2D eigenvalue weighted by Crippen LogP contribution is -2.51. The number of likely N-dealkylation sites (tertiary alicyclic amines) is 1. The molecule has 6 rings (SSSR count). The summed E-state index contributed by atoms with van der Waals surface area (Å²) in [5.41, 5.74) is 1.37. The molecule has 1 unspecified atom stereocenters. The molecule has 4 aliphatic rings. The molecule has 0 spiro atoms. The fourth-order valence-electron chi connectivity index (χ4n) is 6.55. The van der Waals surface area contributed by atoms with E-state index in [0.717, 1.165) is 0 Å². The van der Waals surface area contributed by atoms with Crippen LogP contribution in [0.25, 0.3) is 0 Å². The summed E-state index contributed by atoms with van der Waals surface area (Å²) in [6.45, 7) is 0. The molecule has 2 bridgehead atoms. The Labute approximate surface area is 166 Å². The van der Waals surface area contributed by atoms with Gasteiger partial charge in [-0.25, -0.2) is 0 Å². The Hall–Kier alpha value is -1.97. The van der Waals surface area contributed by atoms with Crippen molar-refractivity contribution in [1.29, 1.82) is 0 Å². The number of ether oxygens (including phenoxy) is 1. The number of benzene rings is 2. The number of morpholine rings is 1. The van der Waals surface area contributed by atoms with E-state index in [2.05, 4.69) is 53.4 Å². The molecule has 3 saturated heterocycles. The average Bonchev–Trinajstić information content (AvgIpc) is 3.48. The molecule has 3 heterocycles. The largest absolute Gasteiger partial charge is 0.355 e. The first kappa shape index (κ1) is 16.9. The van der Waals surface area contributed by atoms with Crippen LogP contribution < -0.4 is 0 Å². The van der Waals surface area contributed by atoms with Gasteiger partial charge in [-0.05, 0) is 24.0 Å². The molecule has 0 N–H and O–H groups in total. The maximum atomic E-state index is 13.0. The van der Waals surface area contributed by atoms with E-state index in [-0.39, 0.29) is 0 Å². The van der Waals surface area contributed by atoms with Crippen LogP contribution >= 0.6 is 0 Å². The second-order valence-corrected chi connectivity index (χ2v) is 9.13. The van der Waals surface area contributed by atoms with Crippen molar-refractivity contribution >= 4 is 5.78 Å². The lowest BCUT2D eigenvalue weighted by molar-refractivity contribution is -0.191. The summed E-state index contributed by atoms with van der Waals surface area (Å²) in [6, 6.07) is 22.4. The summed E-state index contributed by atoms with van der Waals surface area (Å²) in [4.78, 5) is 15.8. The first-order valence-corrected chi connectivity index (χ1v) is 10.8. The molecule has 5 atom stereocenters. The first-order chi connectivity index (χ1) is 13.7. The minimum atomic E-state index is -0.492. The third kappa shape index (κ3) is 2.20. The van der Waals surface area contributed by atoms with Crippen molar-refractivity contribution in [3.05, 3.63) is 71.8 Å². The van der Waals surface area contributed by atoms with Crippen LogP contribution in [0.2, 0.25) is 0 Å². The highest BCUT2D eigenvalue weighted by Gasteiger charge is 2.79. The number of rotatable bonds is 3. The number of ketones is 1. The average molecular weight is 373 g/mol. The van der Waals surface area contributed by atoms with E-state index in [1.807, 2.05) is 12.1 Å².